The quantitative estimate of drug-likeness (QED) is 0.753. The minimum absolute atomic E-state index is 0.0348. The molecule has 0 saturated carbocycles. The highest BCUT2D eigenvalue weighted by Gasteiger charge is 2.13. The van der Waals surface area contributed by atoms with E-state index in [9.17, 15) is 9.90 Å². The Morgan fingerprint density at radius 3 is 2.56 bits per heavy atom. The fourth-order valence-corrected chi connectivity index (χ4v) is 1.45. The fourth-order valence-electron chi connectivity index (χ4n) is 1.45. The molecule has 0 radical (unpaired) electrons. The highest BCUT2D eigenvalue weighted by molar-refractivity contribution is 5.70. The first-order chi connectivity index (χ1) is 8.58. The van der Waals surface area contributed by atoms with E-state index in [1.807, 2.05) is 30.3 Å². The Bertz CT molecular complexity index is 348. The van der Waals surface area contributed by atoms with E-state index in [4.69, 9.17) is 9.47 Å². The van der Waals surface area contributed by atoms with Crippen molar-refractivity contribution in [2.24, 2.45) is 0 Å². The Morgan fingerprint density at radius 1 is 1.28 bits per heavy atom. The van der Waals surface area contributed by atoms with Gasteiger partial charge in [0.1, 0.15) is 0 Å². The number of benzene rings is 1. The van der Waals surface area contributed by atoms with Gasteiger partial charge in [0.2, 0.25) is 0 Å². The molecule has 0 unspecified atom stereocenters. The van der Waals surface area contributed by atoms with E-state index in [1.165, 1.54) is 0 Å². The van der Waals surface area contributed by atoms with Crippen LogP contribution in [0.25, 0.3) is 0 Å². The van der Waals surface area contributed by atoms with E-state index in [-0.39, 0.29) is 19.1 Å². The zero-order valence-corrected chi connectivity index (χ0v) is 10.8. The second kappa shape index (κ2) is 7.84. The van der Waals surface area contributed by atoms with Crippen molar-refractivity contribution in [1.29, 1.82) is 0 Å². The Kier molecular flexibility index (Phi) is 6.39. The lowest BCUT2D eigenvalue weighted by atomic mass is 10.2. The maximum atomic E-state index is 11.3. The molecule has 1 aromatic carbocycles. The number of hydrogen-bond donors (Lipinski definition) is 1. The van der Waals surface area contributed by atoms with Crippen LogP contribution < -0.4 is 0 Å². The van der Waals surface area contributed by atoms with Gasteiger partial charge in [-0.05, 0) is 19.4 Å². The maximum absolute atomic E-state index is 11.3. The van der Waals surface area contributed by atoms with Crippen molar-refractivity contribution in [3.05, 3.63) is 35.9 Å². The summed E-state index contributed by atoms with van der Waals surface area (Å²) in [5.74, 6) is -0.402. The van der Waals surface area contributed by atoms with Gasteiger partial charge < -0.3 is 14.6 Å². The fraction of sp³-hybridized carbons (Fsp3) is 0.500. The molecule has 0 aromatic heterocycles. The Morgan fingerprint density at radius 2 is 1.94 bits per heavy atom. The third kappa shape index (κ3) is 6.37. The molecule has 4 nitrogen and oxygen atoms in total. The zero-order chi connectivity index (χ0) is 13.4. The summed E-state index contributed by atoms with van der Waals surface area (Å²) in [6.07, 6.45) is -1.01. The average molecular weight is 252 g/mol. The number of carbonyl (C=O) groups is 1. The molecule has 0 heterocycles. The van der Waals surface area contributed by atoms with Crippen LogP contribution in [-0.4, -0.2) is 29.9 Å². The van der Waals surface area contributed by atoms with Crippen LogP contribution in [0.5, 0.6) is 0 Å². The first-order valence-corrected chi connectivity index (χ1v) is 6.07. The monoisotopic (exact) mass is 252 g/mol. The average Bonchev–Trinajstić information content (AvgIpc) is 2.29. The van der Waals surface area contributed by atoms with Crippen molar-refractivity contribution in [3.63, 3.8) is 0 Å². The molecule has 0 aliphatic carbocycles. The second-order valence-corrected chi connectivity index (χ2v) is 4.40. The Hall–Kier alpha value is -1.39. The minimum Gasteiger partial charge on any atom is -0.463 e. The van der Waals surface area contributed by atoms with Crippen LogP contribution in [0.3, 0.4) is 0 Å². The third-order valence-electron chi connectivity index (χ3n) is 2.19. The summed E-state index contributed by atoms with van der Waals surface area (Å²) >= 11 is 0. The molecule has 4 heteroatoms. The number of esters is 1. The molecule has 0 aliphatic heterocycles. The Balaban J connectivity index is 2.17. The second-order valence-electron chi connectivity index (χ2n) is 4.40. The topological polar surface area (TPSA) is 55.8 Å². The van der Waals surface area contributed by atoms with E-state index in [1.54, 1.807) is 13.8 Å². The number of ether oxygens (including phenoxy) is 2. The van der Waals surface area contributed by atoms with E-state index < -0.39 is 12.1 Å². The van der Waals surface area contributed by atoms with E-state index in [0.717, 1.165) is 5.56 Å². The summed E-state index contributed by atoms with van der Waals surface area (Å²) in [5, 5.41) is 9.58. The highest BCUT2D eigenvalue weighted by atomic mass is 16.5. The summed E-state index contributed by atoms with van der Waals surface area (Å²) in [7, 11) is 0. The Labute approximate surface area is 108 Å². The molecule has 100 valence electrons. The van der Waals surface area contributed by atoms with Gasteiger partial charge in [0.15, 0.2) is 0 Å². The normalized spacial score (nSPS) is 12.4. The lowest BCUT2D eigenvalue weighted by Gasteiger charge is -2.12. The molecule has 0 fully saturated rings. The molecule has 0 bridgehead atoms. The van der Waals surface area contributed by atoms with Gasteiger partial charge >= 0.3 is 5.97 Å². The van der Waals surface area contributed by atoms with Gasteiger partial charge in [0, 0.05) is 0 Å². The summed E-state index contributed by atoms with van der Waals surface area (Å²) in [6.45, 7) is 4.10. The summed E-state index contributed by atoms with van der Waals surface area (Å²) < 4.78 is 10.3. The SMILES string of the molecule is CC(C)OC(=O)C[C@H](O)COCc1ccccc1. The summed E-state index contributed by atoms with van der Waals surface area (Å²) in [6, 6.07) is 9.67. The molecular weight excluding hydrogens is 232 g/mol. The van der Waals surface area contributed by atoms with Gasteiger partial charge in [-0.25, -0.2) is 0 Å². The van der Waals surface area contributed by atoms with Crippen molar-refractivity contribution in [3.8, 4) is 0 Å². The van der Waals surface area contributed by atoms with Crippen LogP contribution in [0.2, 0.25) is 0 Å². The van der Waals surface area contributed by atoms with Crippen molar-refractivity contribution in [1.82, 2.24) is 0 Å². The maximum Gasteiger partial charge on any atom is 0.308 e. The van der Waals surface area contributed by atoms with Gasteiger partial charge in [0.25, 0.3) is 0 Å². The molecule has 18 heavy (non-hydrogen) atoms. The van der Waals surface area contributed by atoms with Crippen LogP contribution >= 0.6 is 0 Å². The van der Waals surface area contributed by atoms with E-state index in [0.29, 0.717) is 6.61 Å². The van der Waals surface area contributed by atoms with Crippen molar-refractivity contribution < 1.29 is 19.4 Å². The van der Waals surface area contributed by atoms with Crippen LogP contribution in [-0.2, 0) is 20.9 Å². The van der Waals surface area contributed by atoms with Gasteiger partial charge in [-0.1, -0.05) is 30.3 Å². The third-order valence-corrected chi connectivity index (χ3v) is 2.19. The van der Waals surface area contributed by atoms with Crippen LogP contribution in [0, 0.1) is 0 Å². The lowest BCUT2D eigenvalue weighted by molar-refractivity contribution is -0.150. The van der Waals surface area contributed by atoms with E-state index in [2.05, 4.69) is 0 Å². The van der Waals surface area contributed by atoms with Crippen molar-refractivity contribution >= 4 is 5.97 Å². The van der Waals surface area contributed by atoms with Crippen molar-refractivity contribution in [2.75, 3.05) is 6.61 Å². The predicted octanol–water partition coefficient (Wildman–Crippen LogP) is 1.91. The standard InChI is InChI=1S/C14H20O4/c1-11(2)18-14(16)8-13(15)10-17-9-12-6-4-3-5-7-12/h3-7,11,13,15H,8-10H2,1-2H3/t13-/m0/s1. The molecule has 1 N–H and O–H groups in total. The number of aliphatic hydroxyl groups is 1. The molecular formula is C14H20O4. The molecule has 1 aromatic rings. The zero-order valence-electron chi connectivity index (χ0n) is 10.8. The lowest BCUT2D eigenvalue weighted by Crippen LogP contribution is -2.22. The van der Waals surface area contributed by atoms with Gasteiger partial charge in [-0.15, -0.1) is 0 Å². The van der Waals surface area contributed by atoms with E-state index >= 15 is 0 Å². The molecule has 0 amide bonds. The predicted molar refractivity (Wildman–Crippen MR) is 67.9 cm³/mol. The first-order valence-electron chi connectivity index (χ1n) is 6.07. The minimum atomic E-state index is -0.819. The highest BCUT2D eigenvalue weighted by Crippen LogP contribution is 2.03. The summed E-state index contributed by atoms with van der Waals surface area (Å²) in [4.78, 5) is 11.3. The molecule has 0 aliphatic rings. The van der Waals surface area contributed by atoms with Crippen LogP contribution in [0.15, 0.2) is 30.3 Å². The number of hydrogen-bond acceptors (Lipinski definition) is 4. The van der Waals surface area contributed by atoms with Crippen molar-refractivity contribution in [2.45, 2.75) is 39.1 Å². The molecule has 1 atom stereocenters. The van der Waals surface area contributed by atoms with Crippen LogP contribution in [0.1, 0.15) is 25.8 Å². The number of carbonyl (C=O) groups excluding carboxylic acids is 1. The summed E-state index contributed by atoms with van der Waals surface area (Å²) in [5.41, 5.74) is 1.04. The van der Waals surface area contributed by atoms with Gasteiger partial charge in [-0.3, -0.25) is 4.79 Å². The van der Waals surface area contributed by atoms with Gasteiger partial charge in [-0.2, -0.15) is 0 Å². The number of aliphatic hydroxyl groups excluding tert-OH is 1. The van der Waals surface area contributed by atoms with Gasteiger partial charge in [0.05, 0.1) is 31.8 Å². The van der Waals surface area contributed by atoms with Crippen LogP contribution in [0.4, 0.5) is 0 Å². The molecule has 1 rings (SSSR count). The number of rotatable bonds is 7. The molecule has 0 spiro atoms. The smallest absolute Gasteiger partial charge is 0.308 e. The first kappa shape index (κ1) is 14.7. The largest absolute Gasteiger partial charge is 0.463 e. The molecule has 0 saturated heterocycles.